The summed E-state index contributed by atoms with van der Waals surface area (Å²) in [5, 5.41) is 3.42. The Morgan fingerprint density at radius 2 is 2.05 bits per heavy atom. The van der Waals surface area contributed by atoms with Gasteiger partial charge in [0, 0.05) is 0 Å². The molecule has 1 aromatic carbocycles. The van der Waals surface area contributed by atoms with Crippen LogP contribution in [0.25, 0.3) is 0 Å². The molecule has 1 heterocycles. The van der Waals surface area contributed by atoms with Crippen LogP contribution in [-0.4, -0.2) is 6.54 Å². The summed E-state index contributed by atoms with van der Waals surface area (Å²) in [7, 11) is 0. The van der Waals surface area contributed by atoms with Crippen LogP contribution in [0.2, 0.25) is 0 Å². The van der Waals surface area contributed by atoms with Gasteiger partial charge in [-0.05, 0) is 61.7 Å². The van der Waals surface area contributed by atoms with Gasteiger partial charge in [-0.2, -0.15) is 0 Å². The minimum atomic E-state index is -0.206. The van der Waals surface area contributed by atoms with Crippen LogP contribution in [0.4, 0.5) is 4.39 Å². The van der Waals surface area contributed by atoms with Crippen LogP contribution in [0.5, 0.6) is 0 Å². The lowest BCUT2D eigenvalue weighted by molar-refractivity contribution is 0.442. The topological polar surface area (TPSA) is 25.2 Å². The van der Waals surface area contributed by atoms with Crippen LogP contribution in [0.3, 0.4) is 0 Å². The molecule has 1 aromatic heterocycles. The normalized spacial score (nSPS) is 12.6. The summed E-state index contributed by atoms with van der Waals surface area (Å²) in [6.45, 7) is 6.88. The number of nitrogens with one attached hydrogen (secondary N) is 1. The fourth-order valence-corrected chi connectivity index (χ4v) is 2.26. The van der Waals surface area contributed by atoms with Crippen molar-refractivity contribution in [2.24, 2.45) is 0 Å². The van der Waals surface area contributed by atoms with Crippen LogP contribution < -0.4 is 5.32 Å². The number of hydrogen-bond donors (Lipinski definition) is 1. The fraction of sp³-hybridized carbons (Fsp3) is 0.375. The zero-order valence-electron chi connectivity index (χ0n) is 11.7. The van der Waals surface area contributed by atoms with E-state index < -0.39 is 0 Å². The molecule has 1 atom stereocenters. The highest BCUT2D eigenvalue weighted by Gasteiger charge is 2.19. The van der Waals surface area contributed by atoms with Gasteiger partial charge in [-0.1, -0.05) is 13.0 Å². The molecule has 1 N–H and O–H groups in total. The molecule has 0 saturated carbocycles. The third-order valence-electron chi connectivity index (χ3n) is 3.16. The van der Waals surface area contributed by atoms with E-state index in [1.807, 2.05) is 26.0 Å². The first-order valence-electron chi connectivity index (χ1n) is 6.66. The Balaban J connectivity index is 2.39. The number of aryl methyl sites for hydroxylation is 2. The highest BCUT2D eigenvalue weighted by Crippen LogP contribution is 2.27. The van der Waals surface area contributed by atoms with Gasteiger partial charge in [0.05, 0.1) is 12.3 Å². The Morgan fingerprint density at radius 1 is 1.26 bits per heavy atom. The van der Waals surface area contributed by atoms with Gasteiger partial charge < -0.3 is 9.73 Å². The van der Waals surface area contributed by atoms with Crippen LogP contribution in [-0.2, 0) is 0 Å². The highest BCUT2D eigenvalue weighted by atomic mass is 19.1. The summed E-state index contributed by atoms with van der Waals surface area (Å²) in [5.74, 6) is 0.654. The Kier molecular flexibility index (Phi) is 4.38. The van der Waals surface area contributed by atoms with Gasteiger partial charge in [0.1, 0.15) is 11.6 Å². The van der Waals surface area contributed by atoms with Crippen LogP contribution in [0.15, 0.2) is 34.9 Å². The molecule has 0 aliphatic heterocycles. The molecule has 0 fully saturated rings. The van der Waals surface area contributed by atoms with Gasteiger partial charge in [-0.3, -0.25) is 0 Å². The molecule has 0 spiro atoms. The van der Waals surface area contributed by atoms with E-state index >= 15 is 0 Å². The maximum absolute atomic E-state index is 13.6. The van der Waals surface area contributed by atoms with Crippen molar-refractivity contribution in [3.63, 3.8) is 0 Å². The van der Waals surface area contributed by atoms with E-state index in [1.165, 1.54) is 6.07 Å². The van der Waals surface area contributed by atoms with Gasteiger partial charge in [0.15, 0.2) is 0 Å². The van der Waals surface area contributed by atoms with Crippen molar-refractivity contribution in [1.82, 2.24) is 5.32 Å². The molecule has 19 heavy (non-hydrogen) atoms. The lowest BCUT2D eigenvalue weighted by Crippen LogP contribution is -2.23. The van der Waals surface area contributed by atoms with E-state index in [9.17, 15) is 4.39 Å². The largest absolute Gasteiger partial charge is 0.467 e. The summed E-state index contributed by atoms with van der Waals surface area (Å²) < 4.78 is 19.2. The first-order valence-corrected chi connectivity index (χ1v) is 6.66. The Morgan fingerprint density at radius 3 is 2.63 bits per heavy atom. The van der Waals surface area contributed by atoms with Gasteiger partial charge in [0.25, 0.3) is 0 Å². The number of hydrogen-bond acceptors (Lipinski definition) is 2. The quantitative estimate of drug-likeness (QED) is 0.875. The third-order valence-corrected chi connectivity index (χ3v) is 3.16. The molecule has 0 bridgehead atoms. The van der Waals surface area contributed by atoms with Crippen LogP contribution in [0.1, 0.15) is 41.8 Å². The molecule has 0 aliphatic rings. The lowest BCUT2D eigenvalue weighted by Gasteiger charge is -2.18. The summed E-state index contributed by atoms with van der Waals surface area (Å²) in [6, 6.07) is 6.95. The maximum Gasteiger partial charge on any atom is 0.128 e. The molecule has 2 nitrogen and oxygen atoms in total. The minimum Gasteiger partial charge on any atom is -0.467 e. The second-order valence-corrected chi connectivity index (χ2v) is 4.92. The van der Waals surface area contributed by atoms with Gasteiger partial charge in [-0.15, -0.1) is 0 Å². The van der Waals surface area contributed by atoms with Gasteiger partial charge in [-0.25, -0.2) is 4.39 Å². The second kappa shape index (κ2) is 6.02. The molecule has 2 aromatic rings. The molecule has 0 radical (unpaired) electrons. The molecule has 0 amide bonds. The average molecular weight is 261 g/mol. The minimum absolute atomic E-state index is 0.0932. The zero-order chi connectivity index (χ0) is 13.8. The monoisotopic (exact) mass is 261 g/mol. The van der Waals surface area contributed by atoms with Crippen molar-refractivity contribution in [1.29, 1.82) is 0 Å². The standard InChI is InChI=1S/C16H20FNO/c1-4-6-18-15(16-12(3)5-7-19-16)13-8-11(2)9-14(17)10-13/h5,7-10,15,18H,4,6H2,1-3H3. The summed E-state index contributed by atoms with van der Waals surface area (Å²) in [6.07, 6.45) is 2.70. The van der Waals surface area contributed by atoms with Crippen molar-refractivity contribution in [2.45, 2.75) is 33.2 Å². The molecule has 2 rings (SSSR count). The van der Waals surface area contributed by atoms with Crippen molar-refractivity contribution < 1.29 is 8.81 Å². The van der Waals surface area contributed by atoms with Crippen molar-refractivity contribution in [3.05, 3.63) is 58.8 Å². The average Bonchev–Trinajstić information content (AvgIpc) is 2.75. The number of halogens is 1. The highest BCUT2D eigenvalue weighted by molar-refractivity contribution is 5.33. The third kappa shape index (κ3) is 3.24. The van der Waals surface area contributed by atoms with Gasteiger partial charge >= 0.3 is 0 Å². The predicted molar refractivity (Wildman–Crippen MR) is 74.7 cm³/mol. The summed E-state index contributed by atoms with van der Waals surface area (Å²) in [4.78, 5) is 0. The van der Waals surface area contributed by atoms with E-state index in [2.05, 4.69) is 12.2 Å². The van der Waals surface area contributed by atoms with E-state index in [-0.39, 0.29) is 11.9 Å². The molecular weight excluding hydrogens is 241 g/mol. The van der Waals surface area contributed by atoms with Crippen molar-refractivity contribution >= 4 is 0 Å². The predicted octanol–water partition coefficient (Wildman–Crippen LogP) is 4.12. The molecule has 0 saturated heterocycles. The van der Waals surface area contributed by atoms with Crippen molar-refractivity contribution in [2.75, 3.05) is 6.54 Å². The smallest absolute Gasteiger partial charge is 0.128 e. The Bertz CT molecular complexity index is 527. The molecule has 102 valence electrons. The molecular formula is C16H20FNO. The Labute approximate surface area is 113 Å². The van der Waals surface area contributed by atoms with E-state index in [0.29, 0.717) is 0 Å². The fourth-order valence-electron chi connectivity index (χ4n) is 2.26. The second-order valence-electron chi connectivity index (χ2n) is 4.92. The number of furan rings is 1. The van der Waals surface area contributed by atoms with Gasteiger partial charge in [0.2, 0.25) is 0 Å². The van der Waals surface area contributed by atoms with E-state index in [4.69, 9.17) is 4.42 Å². The first-order chi connectivity index (χ1) is 9.11. The maximum atomic E-state index is 13.6. The number of benzene rings is 1. The zero-order valence-corrected chi connectivity index (χ0v) is 11.7. The lowest BCUT2D eigenvalue weighted by atomic mass is 10.00. The molecule has 3 heteroatoms. The summed E-state index contributed by atoms with van der Waals surface area (Å²) >= 11 is 0. The first kappa shape index (κ1) is 13.8. The van der Waals surface area contributed by atoms with E-state index in [0.717, 1.165) is 35.4 Å². The van der Waals surface area contributed by atoms with E-state index in [1.54, 1.807) is 12.3 Å². The van der Waals surface area contributed by atoms with Crippen molar-refractivity contribution in [3.8, 4) is 0 Å². The Hall–Kier alpha value is -1.61. The number of rotatable bonds is 5. The SMILES string of the molecule is CCCNC(c1cc(C)cc(F)c1)c1occc1C. The molecule has 0 aliphatic carbocycles. The molecule has 1 unspecified atom stereocenters. The van der Waals surface area contributed by atoms with Crippen LogP contribution in [0, 0.1) is 19.7 Å². The van der Waals surface area contributed by atoms with Crippen LogP contribution >= 0.6 is 0 Å². The summed E-state index contributed by atoms with van der Waals surface area (Å²) in [5.41, 5.74) is 2.90.